The van der Waals surface area contributed by atoms with E-state index >= 15 is 0 Å². The molecule has 0 bridgehead atoms. The van der Waals surface area contributed by atoms with Crippen molar-refractivity contribution in [1.82, 2.24) is 14.0 Å². The van der Waals surface area contributed by atoms with E-state index in [-0.39, 0.29) is 22.7 Å². The number of benzene rings is 8. The van der Waals surface area contributed by atoms with Gasteiger partial charge in [-0.3, -0.25) is 8.97 Å². The molecule has 2 atom stereocenters. The minimum Gasteiger partial charge on any atom is -0.310 e. The smallest absolute Gasteiger partial charge is 0.220 e. The van der Waals surface area contributed by atoms with Crippen LogP contribution in [0.3, 0.4) is 0 Å². The average Bonchev–Trinajstić information content (AvgIpc) is 4.09. The second-order valence-corrected chi connectivity index (χ2v) is 18.3. The van der Waals surface area contributed by atoms with Crippen molar-refractivity contribution in [2.45, 2.75) is 30.6 Å². The van der Waals surface area contributed by atoms with Crippen molar-refractivity contribution in [3.05, 3.63) is 240 Å². The van der Waals surface area contributed by atoms with Crippen LogP contribution in [0.5, 0.6) is 0 Å². The van der Waals surface area contributed by atoms with E-state index in [4.69, 9.17) is 4.98 Å². The molecule has 0 fully saturated rings. The number of imidazole rings is 2. The van der Waals surface area contributed by atoms with E-state index in [9.17, 15) is 0 Å². The highest BCUT2D eigenvalue weighted by atomic mass is 15.2. The molecule has 1 spiro atoms. The summed E-state index contributed by atoms with van der Waals surface area (Å²) in [4.78, 5) is 7.83. The molecule has 2 unspecified atom stereocenters. The highest BCUT2D eigenvalue weighted by molar-refractivity contribution is 5.96. The van der Waals surface area contributed by atoms with Crippen molar-refractivity contribution in [3.63, 3.8) is 0 Å². The molecule has 4 heteroatoms. The lowest BCUT2D eigenvalue weighted by Gasteiger charge is -2.36. The van der Waals surface area contributed by atoms with Gasteiger partial charge in [0.25, 0.3) is 0 Å². The van der Waals surface area contributed by atoms with E-state index in [0.717, 1.165) is 44.9 Å². The van der Waals surface area contributed by atoms with Crippen molar-refractivity contribution < 1.29 is 0 Å². The molecular weight excluding hydrogens is 765 g/mol. The molecule has 8 aromatic carbocycles. The van der Waals surface area contributed by atoms with Gasteiger partial charge in [-0.25, -0.2) is 4.98 Å². The Morgan fingerprint density at radius 3 is 1.90 bits per heavy atom. The van der Waals surface area contributed by atoms with Gasteiger partial charge < -0.3 is 4.90 Å². The fourth-order valence-electron chi connectivity index (χ4n) is 12.5. The maximum atomic E-state index is 5.26. The summed E-state index contributed by atoms with van der Waals surface area (Å²) in [7, 11) is 0. The molecule has 0 saturated carbocycles. The maximum Gasteiger partial charge on any atom is 0.220 e. The van der Waals surface area contributed by atoms with Gasteiger partial charge in [-0.05, 0) is 116 Å². The largest absolute Gasteiger partial charge is 0.310 e. The van der Waals surface area contributed by atoms with Gasteiger partial charge in [-0.1, -0.05) is 159 Å². The van der Waals surface area contributed by atoms with Crippen molar-refractivity contribution >= 4 is 44.9 Å². The molecule has 298 valence electrons. The van der Waals surface area contributed by atoms with E-state index in [2.05, 4.69) is 234 Å². The molecule has 4 aliphatic carbocycles. The second-order valence-electron chi connectivity index (χ2n) is 18.3. The van der Waals surface area contributed by atoms with Gasteiger partial charge in [0.15, 0.2) is 0 Å². The Hall–Kier alpha value is -7.69. The predicted molar refractivity (Wildman–Crippen MR) is 258 cm³/mol. The lowest BCUT2D eigenvalue weighted by molar-refractivity contribution is 0.465. The molecule has 2 aromatic heterocycles. The number of allylic oxidation sites excluding steroid dienone is 4. The summed E-state index contributed by atoms with van der Waals surface area (Å²) < 4.78 is 4.66. The first kappa shape index (κ1) is 35.0. The molecule has 14 rings (SSSR count). The van der Waals surface area contributed by atoms with Crippen LogP contribution in [0.2, 0.25) is 0 Å². The molecule has 0 N–H and O–H groups in total. The number of hydrogen-bond donors (Lipinski definition) is 0. The second kappa shape index (κ2) is 12.5. The number of hydrogen-bond acceptors (Lipinski definition) is 2. The maximum absolute atomic E-state index is 5.26. The quantitative estimate of drug-likeness (QED) is 0.177. The van der Waals surface area contributed by atoms with E-state index in [1.54, 1.807) is 0 Å². The zero-order chi connectivity index (χ0) is 41.6. The van der Waals surface area contributed by atoms with E-state index in [1.807, 2.05) is 0 Å². The number of rotatable bonds is 4. The molecule has 0 aliphatic heterocycles. The summed E-state index contributed by atoms with van der Waals surface area (Å²) in [5.41, 5.74) is 22.0. The summed E-state index contributed by atoms with van der Waals surface area (Å²) in [6.45, 7) is 4.77. The van der Waals surface area contributed by atoms with Crippen molar-refractivity contribution in [3.8, 4) is 27.9 Å². The van der Waals surface area contributed by atoms with Crippen molar-refractivity contribution in [2.24, 2.45) is 5.92 Å². The Kier molecular flexibility index (Phi) is 6.91. The molecule has 2 heterocycles. The van der Waals surface area contributed by atoms with Crippen molar-refractivity contribution in [1.29, 1.82) is 0 Å². The fourth-order valence-corrected chi connectivity index (χ4v) is 12.5. The Labute approximate surface area is 366 Å². The zero-order valence-corrected chi connectivity index (χ0v) is 35.1. The van der Waals surface area contributed by atoms with E-state index in [1.165, 1.54) is 61.3 Å². The Bertz CT molecular complexity index is 3590. The molecule has 4 aliphatic rings. The summed E-state index contributed by atoms with van der Waals surface area (Å²) in [6.07, 6.45) is 9.51. The zero-order valence-electron chi connectivity index (χ0n) is 35.1. The minimum absolute atomic E-state index is 0.158. The third-order valence-electron chi connectivity index (χ3n) is 15.0. The molecule has 0 radical (unpaired) electrons. The summed E-state index contributed by atoms with van der Waals surface area (Å²) >= 11 is 0. The number of anilines is 3. The number of nitrogens with zero attached hydrogens (tertiary/aromatic N) is 4. The predicted octanol–water partition coefficient (Wildman–Crippen LogP) is 14.4. The van der Waals surface area contributed by atoms with Crippen LogP contribution in [0.25, 0.3) is 55.8 Å². The van der Waals surface area contributed by atoms with Crippen LogP contribution in [0.1, 0.15) is 53.1 Å². The molecule has 10 aromatic rings. The van der Waals surface area contributed by atoms with Crippen LogP contribution in [0, 0.1) is 5.92 Å². The third-order valence-corrected chi connectivity index (χ3v) is 15.0. The first-order valence-electron chi connectivity index (χ1n) is 22.2. The van der Waals surface area contributed by atoms with Crippen LogP contribution >= 0.6 is 0 Å². The van der Waals surface area contributed by atoms with E-state index < -0.39 is 0 Å². The fraction of sp³-hybridized carbons (Fsp3) is 0.102. The standard InChI is InChI=1S/C59H42N4/c1-58(2)45-23-10-6-19-40(45)43-33-31-38(35-50(43)58)61(39-32-34-53-55(36-39)63-52-29-15-14-28-51(52)60-57(63)62(53)37-17-4-3-5-18-37)54-30-16-27-49-56(54)44-22-9-13-26-48(44)59(49)46-24-11-7-20-41(46)42-21-8-12-25-47(42)59/h3-36,44,48H,1-2H3. The minimum atomic E-state index is -0.337. The Balaban J connectivity index is 1.07. The molecule has 63 heavy (non-hydrogen) atoms. The highest BCUT2D eigenvalue weighted by Gasteiger charge is 2.58. The lowest BCUT2D eigenvalue weighted by atomic mass is 9.65. The van der Waals surface area contributed by atoms with Crippen LogP contribution in [-0.2, 0) is 10.8 Å². The summed E-state index contributed by atoms with van der Waals surface area (Å²) in [6, 6.07) is 67.8. The molecule has 0 amide bonds. The number of aromatic nitrogens is 3. The summed E-state index contributed by atoms with van der Waals surface area (Å²) in [5, 5.41) is 0. The van der Waals surface area contributed by atoms with Gasteiger partial charge in [-0.2, -0.15) is 0 Å². The van der Waals surface area contributed by atoms with Crippen molar-refractivity contribution in [2.75, 3.05) is 4.90 Å². The first-order valence-corrected chi connectivity index (χ1v) is 22.2. The number of fused-ring (bicyclic) bond motifs is 18. The third kappa shape index (κ3) is 4.42. The van der Waals surface area contributed by atoms with Crippen LogP contribution in [0.4, 0.5) is 17.1 Å². The monoisotopic (exact) mass is 806 g/mol. The number of para-hydroxylation sites is 3. The lowest BCUT2D eigenvalue weighted by Crippen LogP contribution is -2.32. The van der Waals surface area contributed by atoms with Crippen LogP contribution in [0.15, 0.2) is 206 Å². The topological polar surface area (TPSA) is 25.5 Å². The Morgan fingerprint density at radius 1 is 0.492 bits per heavy atom. The molecule has 0 saturated heterocycles. The van der Waals surface area contributed by atoms with Crippen LogP contribution in [-0.4, -0.2) is 14.0 Å². The van der Waals surface area contributed by atoms with Gasteiger partial charge in [0.2, 0.25) is 5.78 Å². The van der Waals surface area contributed by atoms with Gasteiger partial charge in [0, 0.05) is 34.3 Å². The summed E-state index contributed by atoms with van der Waals surface area (Å²) in [5.74, 6) is 1.27. The normalized spacial score (nSPS) is 17.8. The van der Waals surface area contributed by atoms with Gasteiger partial charge >= 0.3 is 0 Å². The average molecular weight is 807 g/mol. The van der Waals surface area contributed by atoms with Gasteiger partial charge in [-0.15, -0.1) is 0 Å². The highest BCUT2D eigenvalue weighted by Crippen LogP contribution is 2.67. The van der Waals surface area contributed by atoms with Crippen LogP contribution < -0.4 is 4.90 Å². The Morgan fingerprint density at radius 2 is 1.11 bits per heavy atom. The molecule has 4 nitrogen and oxygen atoms in total. The van der Waals surface area contributed by atoms with E-state index in [0.29, 0.717) is 0 Å². The van der Waals surface area contributed by atoms with Gasteiger partial charge in [0.05, 0.1) is 33.2 Å². The molecular formula is C59H42N4. The first-order chi connectivity index (χ1) is 31.0. The SMILES string of the molecule is CC1(C)c2ccccc2-c2ccc(N(c3ccc4c(c3)n3c5ccccc5nc3n4-c3ccccc3)c3cccc4c3C3C=CC=CC3C43c4ccccc4-c4ccccc43)cc21. The van der Waals surface area contributed by atoms with Gasteiger partial charge in [0.1, 0.15) is 0 Å².